The van der Waals surface area contributed by atoms with Crippen molar-refractivity contribution in [2.24, 2.45) is 5.73 Å². The molecule has 2 N–H and O–H groups in total. The zero-order valence-corrected chi connectivity index (χ0v) is 9.32. The van der Waals surface area contributed by atoms with Crippen LogP contribution in [0.1, 0.15) is 11.6 Å². The molecule has 3 nitrogen and oxygen atoms in total. The number of carbonyl (C=O) groups excluding carboxylic acids is 1. The van der Waals surface area contributed by atoms with E-state index in [0.29, 0.717) is 0 Å². The Bertz CT molecular complexity index is 314. The number of nitrogens with two attached hydrogens (primary N) is 1. The van der Waals surface area contributed by atoms with Gasteiger partial charge in [0.25, 0.3) is 0 Å². The molecule has 13 heavy (non-hydrogen) atoms. The van der Waals surface area contributed by atoms with E-state index in [4.69, 9.17) is 5.73 Å². The highest BCUT2D eigenvalue weighted by molar-refractivity contribution is 14.1. The Kier molecular flexibility index (Phi) is 3.68. The number of benzene rings is 1. The second-order valence-corrected chi connectivity index (χ2v) is 3.80. The summed E-state index contributed by atoms with van der Waals surface area (Å²) >= 11 is 2.17. The molecule has 1 aromatic carbocycles. The van der Waals surface area contributed by atoms with Crippen LogP contribution < -0.4 is 5.73 Å². The summed E-state index contributed by atoms with van der Waals surface area (Å²) in [6.45, 7) is 0. The molecule has 4 heteroatoms. The maximum atomic E-state index is 11.1. The molecule has 0 spiro atoms. The fourth-order valence-electron chi connectivity index (χ4n) is 0.963. The minimum Gasteiger partial charge on any atom is -0.468 e. The summed E-state index contributed by atoms with van der Waals surface area (Å²) < 4.78 is 5.59. The summed E-state index contributed by atoms with van der Waals surface area (Å²) in [4.78, 5) is 11.1. The fourth-order valence-corrected chi connectivity index (χ4v) is 1.53. The Morgan fingerprint density at radius 2 is 2.31 bits per heavy atom. The van der Waals surface area contributed by atoms with Gasteiger partial charge in [0.2, 0.25) is 0 Å². The van der Waals surface area contributed by atoms with Gasteiger partial charge >= 0.3 is 5.97 Å². The zero-order valence-electron chi connectivity index (χ0n) is 7.16. The van der Waals surface area contributed by atoms with Crippen molar-refractivity contribution < 1.29 is 9.53 Å². The standard InChI is InChI=1S/C9H10INO2/c1-13-9(12)8(11)6-3-2-4-7(10)5-6/h2-5,8H,11H2,1H3. The van der Waals surface area contributed by atoms with Crippen molar-refractivity contribution in [1.29, 1.82) is 0 Å². The topological polar surface area (TPSA) is 52.3 Å². The quantitative estimate of drug-likeness (QED) is 0.663. The van der Waals surface area contributed by atoms with Gasteiger partial charge in [0, 0.05) is 3.57 Å². The van der Waals surface area contributed by atoms with Gasteiger partial charge in [-0.1, -0.05) is 12.1 Å². The van der Waals surface area contributed by atoms with E-state index in [1.807, 2.05) is 24.3 Å². The molecule has 1 unspecified atom stereocenters. The first-order chi connectivity index (χ1) is 6.15. The number of esters is 1. The van der Waals surface area contributed by atoms with Gasteiger partial charge in [0.15, 0.2) is 0 Å². The van der Waals surface area contributed by atoms with Crippen LogP contribution in [0.5, 0.6) is 0 Å². The van der Waals surface area contributed by atoms with Gasteiger partial charge in [-0.05, 0) is 40.3 Å². The Hall–Kier alpha value is -0.620. The summed E-state index contributed by atoms with van der Waals surface area (Å²) in [5, 5.41) is 0. The smallest absolute Gasteiger partial charge is 0.327 e. The highest BCUT2D eigenvalue weighted by Crippen LogP contribution is 2.14. The Labute approximate surface area is 90.4 Å². The summed E-state index contributed by atoms with van der Waals surface area (Å²) in [5.74, 6) is -0.415. The van der Waals surface area contributed by atoms with Crippen molar-refractivity contribution in [2.75, 3.05) is 7.11 Å². The first-order valence-electron chi connectivity index (χ1n) is 3.74. The third-order valence-electron chi connectivity index (χ3n) is 1.66. The van der Waals surface area contributed by atoms with Gasteiger partial charge in [-0.25, -0.2) is 0 Å². The van der Waals surface area contributed by atoms with Gasteiger partial charge in [-0.2, -0.15) is 0 Å². The Balaban J connectivity index is 2.88. The predicted molar refractivity (Wildman–Crippen MR) is 58.1 cm³/mol. The second-order valence-electron chi connectivity index (χ2n) is 2.56. The van der Waals surface area contributed by atoms with Crippen LogP contribution in [0, 0.1) is 3.57 Å². The highest BCUT2D eigenvalue weighted by Gasteiger charge is 2.15. The molecular formula is C9H10INO2. The third-order valence-corrected chi connectivity index (χ3v) is 2.33. The number of ether oxygens (including phenoxy) is 1. The minimum absolute atomic E-state index is 0.415. The highest BCUT2D eigenvalue weighted by atomic mass is 127. The van der Waals surface area contributed by atoms with Gasteiger partial charge in [0.1, 0.15) is 6.04 Å². The van der Waals surface area contributed by atoms with Gasteiger partial charge in [-0.3, -0.25) is 4.79 Å². The van der Waals surface area contributed by atoms with Crippen LogP contribution in [0.3, 0.4) is 0 Å². The van der Waals surface area contributed by atoms with E-state index in [1.54, 1.807) is 0 Å². The fraction of sp³-hybridized carbons (Fsp3) is 0.222. The molecule has 0 aliphatic carbocycles. The van der Waals surface area contributed by atoms with E-state index >= 15 is 0 Å². The lowest BCUT2D eigenvalue weighted by atomic mass is 10.1. The van der Waals surface area contributed by atoms with Crippen LogP contribution in [0.25, 0.3) is 0 Å². The molecule has 0 aliphatic heterocycles. The summed E-state index contributed by atoms with van der Waals surface area (Å²) in [5.41, 5.74) is 6.42. The van der Waals surface area contributed by atoms with Crippen LogP contribution in [0.4, 0.5) is 0 Å². The monoisotopic (exact) mass is 291 g/mol. The molecule has 0 amide bonds. The largest absolute Gasteiger partial charge is 0.468 e. The molecule has 0 radical (unpaired) electrons. The minimum atomic E-state index is -0.681. The number of hydrogen-bond acceptors (Lipinski definition) is 3. The molecule has 0 heterocycles. The molecule has 0 bridgehead atoms. The van der Waals surface area contributed by atoms with Crippen molar-refractivity contribution in [2.45, 2.75) is 6.04 Å². The van der Waals surface area contributed by atoms with Crippen molar-refractivity contribution in [3.05, 3.63) is 33.4 Å². The molecule has 0 saturated carbocycles. The molecule has 0 saturated heterocycles. The van der Waals surface area contributed by atoms with Crippen molar-refractivity contribution in [1.82, 2.24) is 0 Å². The maximum absolute atomic E-state index is 11.1. The number of rotatable bonds is 2. The van der Waals surface area contributed by atoms with E-state index in [9.17, 15) is 4.79 Å². The van der Waals surface area contributed by atoms with Crippen molar-refractivity contribution in [3.63, 3.8) is 0 Å². The van der Waals surface area contributed by atoms with Crippen LogP contribution in [0.15, 0.2) is 24.3 Å². The molecule has 0 aliphatic rings. The van der Waals surface area contributed by atoms with Crippen LogP contribution in [-0.4, -0.2) is 13.1 Å². The first-order valence-corrected chi connectivity index (χ1v) is 4.82. The predicted octanol–water partition coefficient (Wildman–Crippen LogP) is 1.46. The van der Waals surface area contributed by atoms with Gasteiger partial charge in [0.05, 0.1) is 7.11 Å². The van der Waals surface area contributed by atoms with Crippen molar-refractivity contribution in [3.8, 4) is 0 Å². The van der Waals surface area contributed by atoms with Crippen LogP contribution >= 0.6 is 22.6 Å². The number of hydrogen-bond donors (Lipinski definition) is 1. The van der Waals surface area contributed by atoms with E-state index in [1.165, 1.54) is 7.11 Å². The van der Waals surface area contributed by atoms with Crippen LogP contribution in [0.2, 0.25) is 0 Å². The lowest BCUT2D eigenvalue weighted by molar-refractivity contribution is -0.142. The Morgan fingerprint density at radius 3 is 2.85 bits per heavy atom. The zero-order chi connectivity index (χ0) is 9.84. The summed E-state index contributed by atoms with van der Waals surface area (Å²) in [6, 6.07) is 6.79. The normalized spacial score (nSPS) is 12.2. The average Bonchev–Trinajstić information content (AvgIpc) is 2.15. The van der Waals surface area contributed by atoms with E-state index in [-0.39, 0.29) is 0 Å². The first kappa shape index (κ1) is 10.5. The molecular weight excluding hydrogens is 281 g/mol. The molecule has 1 atom stereocenters. The number of methoxy groups -OCH3 is 1. The maximum Gasteiger partial charge on any atom is 0.327 e. The van der Waals surface area contributed by atoms with E-state index in [2.05, 4.69) is 27.3 Å². The van der Waals surface area contributed by atoms with Crippen molar-refractivity contribution >= 4 is 28.6 Å². The van der Waals surface area contributed by atoms with E-state index < -0.39 is 12.0 Å². The molecule has 1 aromatic rings. The summed E-state index contributed by atoms with van der Waals surface area (Å²) in [6.07, 6.45) is 0. The second kappa shape index (κ2) is 4.57. The number of carbonyl (C=O) groups is 1. The molecule has 70 valence electrons. The SMILES string of the molecule is COC(=O)C(N)c1cccc(I)c1. The number of halogens is 1. The van der Waals surface area contributed by atoms with E-state index in [0.717, 1.165) is 9.13 Å². The summed E-state index contributed by atoms with van der Waals surface area (Å²) in [7, 11) is 1.33. The van der Waals surface area contributed by atoms with Gasteiger partial charge < -0.3 is 10.5 Å². The average molecular weight is 291 g/mol. The molecule has 1 rings (SSSR count). The lowest BCUT2D eigenvalue weighted by Crippen LogP contribution is -2.22. The Morgan fingerprint density at radius 1 is 1.62 bits per heavy atom. The van der Waals surface area contributed by atoms with Gasteiger partial charge in [-0.15, -0.1) is 0 Å². The molecule has 0 aromatic heterocycles. The lowest BCUT2D eigenvalue weighted by Gasteiger charge is -2.09. The third kappa shape index (κ3) is 2.67. The molecule has 0 fully saturated rings. The van der Waals surface area contributed by atoms with Crippen LogP contribution in [-0.2, 0) is 9.53 Å².